The highest BCUT2D eigenvalue weighted by Gasteiger charge is 2.38. The number of halogens is 2. The summed E-state index contributed by atoms with van der Waals surface area (Å²) in [5.74, 6) is -1.34. The van der Waals surface area contributed by atoms with Crippen molar-refractivity contribution in [2.24, 2.45) is 17.6 Å². The molecule has 1 saturated heterocycles. The first-order chi connectivity index (χ1) is 21.5. The topological polar surface area (TPSA) is 171 Å². The smallest absolute Gasteiger partial charge is 0.450 e. The van der Waals surface area contributed by atoms with E-state index in [9.17, 15) is 14.4 Å². The maximum atomic E-state index is 13.7. The number of nitrogens with one attached hydrogen (secondary N) is 2. The molecule has 1 heterocycles. The van der Waals surface area contributed by atoms with Gasteiger partial charge in [0.2, 0.25) is 17.7 Å². The molecule has 2 aromatic rings. The van der Waals surface area contributed by atoms with Crippen molar-refractivity contribution in [3.63, 3.8) is 0 Å². The summed E-state index contributed by atoms with van der Waals surface area (Å²) in [5, 5.41) is 21.1. The first-order valence-electron chi connectivity index (χ1n) is 14.9. The van der Waals surface area contributed by atoms with Crippen LogP contribution in [0, 0.1) is 11.8 Å². The Labute approximate surface area is 272 Å². The van der Waals surface area contributed by atoms with Gasteiger partial charge >= 0.3 is 6.16 Å². The van der Waals surface area contributed by atoms with Gasteiger partial charge in [-0.15, -0.1) is 0 Å². The second-order valence-corrected chi connectivity index (χ2v) is 11.7. The zero-order chi connectivity index (χ0) is 32.8. The van der Waals surface area contributed by atoms with E-state index in [2.05, 4.69) is 15.5 Å². The second-order valence-electron chi connectivity index (χ2n) is 10.9. The number of carboxylic acid groups (broad SMARTS) is 2. The summed E-state index contributed by atoms with van der Waals surface area (Å²) < 4.78 is 5.41. The van der Waals surface area contributed by atoms with Crippen LogP contribution in [-0.2, 0) is 20.7 Å². The van der Waals surface area contributed by atoms with Crippen LogP contribution in [0.2, 0.25) is 10.0 Å². The Morgan fingerprint density at radius 1 is 1.04 bits per heavy atom. The molecule has 1 aliphatic carbocycles. The van der Waals surface area contributed by atoms with E-state index >= 15 is 0 Å². The predicted molar refractivity (Wildman–Crippen MR) is 172 cm³/mol. The van der Waals surface area contributed by atoms with Gasteiger partial charge in [-0.25, -0.2) is 4.79 Å². The molecular weight excluding hydrogens is 623 g/mol. The van der Waals surface area contributed by atoms with E-state index in [1.165, 1.54) is 6.08 Å². The van der Waals surface area contributed by atoms with Crippen LogP contribution in [0.5, 0.6) is 0 Å². The number of nitrogens with zero attached hydrogens (tertiary/aromatic N) is 1. The molecule has 1 aliphatic heterocycles. The number of rotatable bonds is 12. The lowest BCUT2D eigenvalue weighted by Gasteiger charge is -2.29. The van der Waals surface area contributed by atoms with Crippen LogP contribution < -0.4 is 16.4 Å². The number of benzene rings is 2. The van der Waals surface area contributed by atoms with Crippen LogP contribution in [0.15, 0.2) is 48.5 Å². The fourth-order valence-electron chi connectivity index (χ4n) is 5.75. The van der Waals surface area contributed by atoms with Crippen LogP contribution in [0.3, 0.4) is 0 Å². The monoisotopic (exact) mass is 662 g/mol. The average molecular weight is 664 g/mol. The van der Waals surface area contributed by atoms with Crippen LogP contribution >= 0.6 is 23.2 Å². The third-order valence-corrected chi connectivity index (χ3v) is 8.64. The fourth-order valence-corrected chi connectivity index (χ4v) is 6.06. The Balaban J connectivity index is 0.00000130. The molecule has 3 atom stereocenters. The van der Waals surface area contributed by atoms with Crippen molar-refractivity contribution in [3.05, 3.63) is 75.3 Å². The van der Waals surface area contributed by atoms with E-state index < -0.39 is 18.0 Å². The van der Waals surface area contributed by atoms with E-state index in [-0.39, 0.29) is 23.8 Å². The molecule has 0 spiro atoms. The fraction of sp³-hybridized carbons (Fsp3) is 0.438. The SMILES string of the molecule is NC(=O)c1ccccc1CC(C(=O)NCCCN1CCOCC1)[C@H]1CCCC1NC(=O)C=Cc1ccc(Cl)c(Cl)c1.O=C(O)O. The van der Waals surface area contributed by atoms with Crippen LogP contribution in [0.1, 0.15) is 47.2 Å². The number of amides is 3. The van der Waals surface area contributed by atoms with Gasteiger partial charge in [0.25, 0.3) is 0 Å². The summed E-state index contributed by atoms with van der Waals surface area (Å²) in [4.78, 5) is 49.6. The molecule has 0 aromatic heterocycles. The Morgan fingerprint density at radius 2 is 1.76 bits per heavy atom. The van der Waals surface area contributed by atoms with Crippen LogP contribution in [0.4, 0.5) is 4.79 Å². The van der Waals surface area contributed by atoms with Crippen molar-refractivity contribution in [2.75, 3.05) is 39.4 Å². The average Bonchev–Trinajstić information content (AvgIpc) is 3.46. The molecule has 13 heteroatoms. The number of primary amides is 1. The lowest BCUT2D eigenvalue weighted by Crippen LogP contribution is -2.45. The molecule has 0 bridgehead atoms. The van der Waals surface area contributed by atoms with Crippen molar-refractivity contribution in [1.82, 2.24) is 15.5 Å². The zero-order valence-electron chi connectivity index (χ0n) is 24.9. The van der Waals surface area contributed by atoms with Crippen molar-refractivity contribution in [2.45, 2.75) is 38.1 Å². The number of hydrogen-bond donors (Lipinski definition) is 5. The van der Waals surface area contributed by atoms with E-state index in [1.807, 2.05) is 12.1 Å². The summed E-state index contributed by atoms with van der Waals surface area (Å²) in [7, 11) is 0. The highest BCUT2D eigenvalue weighted by Crippen LogP contribution is 2.35. The number of ether oxygens (including phenoxy) is 1. The molecular formula is C32H40Cl2N4O7. The molecule has 11 nitrogen and oxygen atoms in total. The van der Waals surface area contributed by atoms with Gasteiger partial charge in [0.05, 0.1) is 23.3 Å². The van der Waals surface area contributed by atoms with E-state index in [0.717, 1.165) is 69.7 Å². The maximum Gasteiger partial charge on any atom is 0.503 e. The highest BCUT2D eigenvalue weighted by molar-refractivity contribution is 6.42. The molecule has 1 saturated carbocycles. The van der Waals surface area contributed by atoms with Gasteiger partial charge in [0, 0.05) is 43.2 Å². The molecule has 0 radical (unpaired) electrons. The lowest BCUT2D eigenvalue weighted by molar-refractivity contribution is -0.127. The van der Waals surface area contributed by atoms with Crippen LogP contribution in [0.25, 0.3) is 6.08 Å². The molecule has 2 unspecified atom stereocenters. The molecule has 2 fully saturated rings. The highest BCUT2D eigenvalue weighted by atomic mass is 35.5. The van der Waals surface area contributed by atoms with Crippen molar-refractivity contribution in [1.29, 1.82) is 0 Å². The molecule has 6 N–H and O–H groups in total. The third-order valence-electron chi connectivity index (χ3n) is 7.90. The second kappa shape index (κ2) is 18.4. The summed E-state index contributed by atoms with van der Waals surface area (Å²) in [6.07, 6.45) is 4.98. The summed E-state index contributed by atoms with van der Waals surface area (Å²) in [5.41, 5.74) is 7.57. The Kier molecular flexibility index (Phi) is 14.6. The van der Waals surface area contributed by atoms with E-state index in [1.54, 1.807) is 36.4 Å². The largest absolute Gasteiger partial charge is 0.503 e. The molecule has 45 heavy (non-hydrogen) atoms. The number of carbonyl (C=O) groups is 4. The number of morpholine rings is 1. The summed E-state index contributed by atoms with van der Waals surface area (Å²) >= 11 is 12.1. The summed E-state index contributed by atoms with van der Waals surface area (Å²) in [6.45, 7) is 4.75. The minimum absolute atomic E-state index is 0.0660. The van der Waals surface area contributed by atoms with Gasteiger partial charge in [-0.3, -0.25) is 19.3 Å². The van der Waals surface area contributed by atoms with Gasteiger partial charge in [0.15, 0.2) is 0 Å². The quantitative estimate of drug-likeness (QED) is 0.165. The first kappa shape index (κ1) is 35.8. The minimum atomic E-state index is -1.83. The minimum Gasteiger partial charge on any atom is -0.450 e. The van der Waals surface area contributed by atoms with Gasteiger partial charge in [-0.05, 0) is 73.5 Å². The Morgan fingerprint density at radius 3 is 2.44 bits per heavy atom. The van der Waals surface area contributed by atoms with Crippen molar-refractivity contribution < 1.29 is 34.1 Å². The predicted octanol–water partition coefficient (Wildman–Crippen LogP) is 4.31. The van der Waals surface area contributed by atoms with Crippen LogP contribution in [-0.4, -0.2) is 84.4 Å². The maximum absolute atomic E-state index is 13.7. The van der Waals surface area contributed by atoms with Crippen molar-refractivity contribution in [3.8, 4) is 0 Å². The molecule has 3 amide bonds. The Hall–Kier alpha value is -3.64. The number of hydrogen-bond acceptors (Lipinski definition) is 6. The normalized spacial score (nSPS) is 18.9. The number of carbonyl (C=O) groups excluding carboxylic acids is 3. The molecule has 244 valence electrons. The van der Waals surface area contributed by atoms with Gasteiger partial charge in [-0.2, -0.15) is 0 Å². The number of nitrogens with two attached hydrogens (primary N) is 1. The Bertz CT molecular complexity index is 1350. The van der Waals surface area contributed by atoms with Gasteiger partial charge < -0.3 is 31.3 Å². The molecule has 2 aliphatic rings. The zero-order valence-corrected chi connectivity index (χ0v) is 26.4. The standard InChI is InChI=1S/C31H38Cl2N4O4.CH2O3/c32-26-11-9-21(19-27(26)33)10-12-29(38)36-28-8-3-7-24(28)25(20-22-5-1-2-6-23(22)30(34)39)31(40)35-13-4-14-37-15-17-41-18-16-37;2-1(3)4/h1-2,5-6,9-12,19,24-25,28H,3-4,7-8,13-18,20H2,(H2,34,39)(H,35,40)(H,36,38);(H2,2,3,4)/t24-,25?,28?;/m1./s1. The lowest BCUT2D eigenvalue weighted by atomic mass is 9.81. The molecule has 2 aromatic carbocycles. The van der Waals surface area contributed by atoms with E-state index in [4.69, 9.17) is 48.7 Å². The summed E-state index contributed by atoms with van der Waals surface area (Å²) in [6, 6.07) is 12.1. The van der Waals surface area contributed by atoms with Crippen molar-refractivity contribution >= 4 is 53.2 Å². The van der Waals surface area contributed by atoms with Gasteiger partial charge in [-0.1, -0.05) is 53.9 Å². The first-order valence-corrected chi connectivity index (χ1v) is 15.6. The third kappa shape index (κ3) is 12.0. The van der Waals surface area contributed by atoms with E-state index in [0.29, 0.717) is 28.6 Å². The van der Waals surface area contributed by atoms with Gasteiger partial charge in [0.1, 0.15) is 0 Å². The molecule has 4 rings (SSSR count).